The number of anilines is 1. The lowest BCUT2D eigenvalue weighted by Gasteiger charge is -2.31. The van der Waals surface area contributed by atoms with Crippen LogP contribution in [0.15, 0.2) is 65.1 Å². The predicted molar refractivity (Wildman–Crippen MR) is 123 cm³/mol. The summed E-state index contributed by atoms with van der Waals surface area (Å²) >= 11 is 0. The van der Waals surface area contributed by atoms with Crippen LogP contribution in [-0.4, -0.2) is 42.9 Å². The molecule has 0 fully saturated rings. The van der Waals surface area contributed by atoms with Crippen molar-refractivity contribution in [2.75, 3.05) is 18.0 Å². The molecule has 1 aliphatic rings. The number of hydrogen-bond donors (Lipinski definition) is 1. The van der Waals surface area contributed by atoms with Gasteiger partial charge in [0, 0.05) is 24.8 Å². The first-order chi connectivity index (χ1) is 14.7. The summed E-state index contributed by atoms with van der Waals surface area (Å²) in [5.74, 6) is -1.10. The zero-order valence-electron chi connectivity index (χ0n) is 18.4. The standard InChI is InChI=1S/C24H30N2O4S/c1-5-19-16-22(24(27)28)23(18-10-12-20(13-11-18)25(6-2)7-3)26(19)31(29,30)21-14-8-17(4)9-15-21/h8-16,19,23H,5-7H2,1-4H3,(H,27,28)/t19-,23+/m0/s1. The molecule has 166 valence electrons. The molecule has 0 spiro atoms. The van der Waals surface area contributed by atoms with Gasteiger partial charge in [0.2, 0.25) is 10.0 Å². The topological polar surface area (TPSA) is 77.9 Å². The van der Waals surface area contributed by atoms with E-state index in [-0.39, 0.29) is 10.5 Å². The van der Waals surface area contributed by atoms with Crippen molar-refractivity contribution in [1.29, 1.82) is 0 Å². The van der Waals surface area contributed by atoms with E-state index in [4.69, 9.17) is 0 Å². The van der Waals surface area contributed by atoms with Gasteiger partial charge in [-0.25, -0.2) is 13.2 Å². The minimum Gasteiger partial charge on any atom is -0.478 e. The van der Waals surface area contributed by atoms with Crippen molar-refractivity contribution in [2.45, 2.75) is 51.1 Å². The summed E-state index contributed by atoms with van der Waals surface area (Å²) in [6, 6.07) is 12.8. The quantitative estimate of drug-likeness (QED) is 0.657. The van der Waals surface area contributed by atoms with Crippen LogP contribution in [0.4, 0.5) is 5.69 Å². The zero-order valence-corrected chi connectivity index (χ0v) is 19.3. The van der Waals surface area contributed by atoms with Crippen LogP contribution in [0.1, 0.15) is 44.4 Å². The molecule has 7 heteroatoms. The van der Waals surface area contributed by atoms with Crippen LogP contribution < -0.4 is 4.90 Å². The maximum atomic E-state index is 13.6. The molecule has 2 aromatic rings. The van der Waals surface area contributed by atoms with E-state index in [0.29, 0.717) is 12.0 Å². The van der Waals surface area contributed by atoms with Crippen molar-refractivity contribution in [3.05, 3.63) is 71.3 Å². The van der Waals surface area contributed by atoms with Gasteiger partial charge in [-0.3, -0.25) is 0 Å². The van der Waals surface area contributed by atoms with Crippen LogP contribution >= 0.6 is 0 Å². The summed E-state index contributed by atoms with van der Waals surface area (Å²) in [5.41, 5.74) is 2.72. The molecule has 0 amide bonds. The summed E-state index contributed by atoms with van der Waals surface area (Å²) in [7, 11) is -3.91. The molecule has 0 unspecified atom stereocenters. The van der Waals surface area contributed by atoms with Gasteiger partial charge in [0.05, 0.1) is 16.5 Å². The fourth-order valence-electron chi connectivity index (χ4n) is 4.12. The summed E-state index contributed by atoms with van der Waals surface area (Å²) in [4.78, 5) is 14.4. The van der Waals surface area contributed by atoms with Crippen molar-refractivity contribution >= 4 is 21.7 Å². The fourth-order valence-corrected chi connectivity index (χ4v) is 5.92. The number of nitrogens with zero attached hydrogens (tertiary/aromatic N) is 2. The first-order valence-electron chi connectivity index (χ1n) is 10.6. The van der Waals surface area contributed by atoms with Crippen LogP contribution in [0, 0.1) is 6.92 Å². The average Bonchev–Trinajstić information content (AvgIpc) is 3.16. The van der Waals surface area contributed by atoms with Gasteiger partial charge in [-0.05, 0) is 57.0 Å². The van der Waals surface area contributed by atoms with Gasteiger partial charge in [-0.2, -0.15) is 4.31 Å². The SMILES string of the molecule is CC[C@H]1C=C(C(=O)O)[C@@H](c2ccc(N(CC)CC)cc2)N1S(=O)(=O)c1ccc(C)cc1. The average molecular weight is 443 g/mol. The lowest BCUT2D eigenvalue weighted by molar-refractivity contribution is -0.133. The molecule has 31 heavy (non-hydrogen) atoms. The third-order valence-corrected chi connectivity index (χ3v) is 7.75. The van der Waals surface area contributed by atoms with Crippen molar-refractivity contribution in [2.24, 2.45) is 0 Å². The molecular weight excluding hydrogens is 412 g/mol. The van der Waals surface area contributed by atoms with Crippen molar-refractivity contribution in [1.82, 2.24) is 4.31 Å². The highest BCUT2D eigenvalue weighted by Crippen LogP contribution is 2.42. The number of aryl methyl sites for hydroxylation is 1. The Morgan fingerprint density at radius 3 is 2.06 bits per heavy atom. The Morgan fingerprint density at radius 2 is 1.58 bits per heavy atom. The molecule has 2 atom stereocenters. The lowest BCUT2D eigenvalue weighted by Crippen LogP contribution is -2.38. The largest absolute Gasteiger partial charge is 0.478 e. The Labute approximate surface area is 184 Å². The lowest BCUT2D eigenvalue weighted by atomic mass is 10.0. The van der Waals surface area contributed by atoms with E-state index in [1.807, 2.05) is 38.1 Å². The Kier molecular flexibility index (Phi) is 6.86. The second kappa shape index (κ2) is 9.24. The third kappa shape index (κ3) is 4.38. The van der Waals surface area contributed by atoms with Crippen LogP contribution in [0.3, 0.4) is 0 Å². The van der Waals surface area contributed by atoms with E-state index in [0.717, 1.165) is 24.3 Å². The molecule has 0 aromatic heterocycles. The van der Waals surface area contributed by atoms with Crippen molar-refractivity contribution in [3.63, 3.8) is 0 Å². The molecule has 2 aromatic carbocycles. The van der Waals surface area contributed by atoms with Crippen LogP contribution in [0.2, 0.25) is 0 Å². The number of benzene rings is 2. The highest BCUT2D eigenvalue weighted by molar-refractivity contribution is 7.89. The van der Waals surface area contributed by atoms with E-state index >= 15 is 0 Å². The van der Waals surface area contributed by atoms with E-state index in [2.05, 4.69) is 18.7 Å². The molecule has 1 N–H and O–H groups in total. The van der Waals surface area contributed by atoms with Gasteiger partial charge in [0.25, 0.3) is 0 Å². The molecule has 0 bridgehead atoms. The first kappa shape index (κ1) is 23.0. The van der Waals surface area contributed by atoms with Crippen LogP contribution in [0.5, 0.6) is 0 Å². The zero-order chi connectivity index (χ0) is 22.8. The van der Waals surface area contributed by atoms with Crippen molar-refractivity contribution < 1.29 is 18.3 Å². The predicted octanol–water partition coefficient (Wildman–Crippen LogP) is 4.38. The monoisotopic (exact) mass is 442 g/mol. The molecule has 0 radical (unpaired) electrons. The third-order valence-electron chi connectivity index (χ3n) is 5.85. The number of carboxylic acid groups (broad SMARTS) is 1. The van der Waals surface area contributed by atoms with Gasteiger partial charge < -0.3 is 10.0 Å². The number of aliphatic carboxylic acids is 1. The van der Waals surface area contributed by atoms with Gasteiger partial charge in [0.15, 0.2) is 0 Å². The molecule has 1 aliphatic heterocycles. The number of carboxylic acids is 1. The number of carbonyl (C=O) groups is 1. The molecule has 0 saturated carbocycles. The Hall–Kier alpha value is -2.64. The summed E-state index contributed by atoms with van der Waals surface area (Å²) in [6.07, 6.45) is 2.06. The Morgan fingerprint density at radius 1 is 1.00 bits per heavy atom. The van der Waals surface area contributed by atoms with E-state index in [1.54, 1.807) is 30.3 Å². The van der Waals surface area contributed by atoms with E-state index in [9.17, 15) is 18.3 Å². The maximum Gasteiger partial charge on any atom is 0.333 e. The van der Waals surface area contributed by atoms with Gasteiger partial charge in [0.1, 0.15) is 0 Å². The maximum absolute atomic E-state index is 13.6. The summed E-state index contributed by atoms with van der Waals surface area (Å²) in [6.45, 7) is 9.61. The molecule has 6 nitrogen and oxygen atoms in total. The minimum absolute atomic E-state index is 0.0955. The number of sulfonamides is 1. The van der Waals surface area contributed by atoms with E-state index in [1.165, 1.54) is 4.31 Å². The highest BCUT2D eigenvalue weighted by Gasteiger charge is 2.45. The van der Waals surface area contributed by atoms with Crippen LogP contribution in [0.25, 0.3) is 0 Å². The molecular formula is C24H30N2O4S. The summed E-state index contributed by atoms with van der Waals surface area (Å²) < 4.78 is 28.6. The van der Waals surface area contributed by atoms with Crippen molar-refractivity contribution in [3.8, 4) is 0 Å². The van der Waals surface area contributed by atoms with Gasteiger partial charge in [-0.1, -0.05) is 42.8 Å². The van der Waals surface area contributed by atoms with Crippen LogP contribution in [-0.2, 0) is 14.8 Å². The normalized spacial score (nSPS) is 19.3. The van der Waals surface area contributed by atoms with Gasteiger partial charge in [-0.15, -0.1) is 0 Å². The molecule has 0 saturated heterocycles. The molecule has 1 heterocycles. The Balaban J connectivity index is 2.10. The minimum atomic E-state index is -3.91. The number of rotatable bonds is 8. The summed E-state index contributed by atoms with van der Waals surface area (Å²) in [5, 5.41) is 9.87. The smallest absolute Gasteiger partial charge is 0.333 e. The number of hydrogen-bond acceptors (Lipinski definition) is 4. The van der Waals surface area contributed by atoms with Gasteiger partial charge >= 0.3 is 5.97 Å². The Bertz CT molecular complexity index is 1060. The molecule has 3 rings (SSSR count). The van der Waals surface area contributed by atoms with E-state index < -0.39 is 28.1 Å². The fraction of sp³-hybridized carbons (Fsp3) is 0.375. The first-order valence-corrected chi connectivity index (χ1v) is 12.1. The molecule has 0 aliphatic carbocycles. The second-order valence-corrected chi connectivity index (χ2v) is 9.56. The second-order valence-electron chi connectivity index (χ2n) is 7.72. The highest BCUT2D eigenvalue weighted by atomic mass is 32.2.